The fourth-order valence-corrected chi connectivity index (χ4v) is 1.34. The Morgan fingerprint density at radius 1 is 0.724 bits per heavy atom. The number of terminal acetylenes is 1. The van der Waals surface area contributed by atoms with Crippen molar-refractivity contribution < 1.29 is 15.0 Å². The molecule has 29 heavy (non-hydrogen) atoms. The Labute approximate surface area is 169 Å². The molecule has 1 aromatic carbocycles. The van der Waals surface area contributed by atoms with Crippen LogP contribution in [0.25, 0.3) is 0 Å². The summed E-state index contributed by atoms with van der Waals surface area (Å²) in [5.41, 5.74) is -0.0319. The second-order valence-electron chi connectivity index (χ2n) is 4.30. The summed E-state index contributed by atoms with van der Waals surface area (Å²) >= 11 is 0. The molecular weight excluding hydrogens is 362 g/mol. The molecule has 130 valence electrons. The van der Waals surface area contributed by atoms with Gasteiger partial charge in [-0.15, -0.1) is 6.42 Å². The highest BCUT2D eigenvalue weighted by Crippen LogP contribution is 2.22. The second-order valence-corrected chi connectivity index (χ2v) is 4.30. The summed E-state index contributed by atoms with van der Waals surface area (Å²) in [6.07, 6.45) is 4.91. The van der Waals surface area contributed by atoms with E-state index in [1.165, 1.54) is 12.1 Å². The van der Waals surface area contributed by atoms with Crippen molar-refractivity contribution >= 4 is 5.91 Å². The largest absolute Gasteiger partial charge is 0.508 e. The molecule has 0 saturated carbocycles. The van der Waals surface area contributed by atoms with E-state index in [-0.39, 0.29) is 17.1 Å². The molecule has 0 aromatic heterocycles. The standard InChI is InChI=1S/C25H7NO3/c1-2-3-4-5-6-7-8-9-10-11-12-13-14-15-16-17-20-26-25(29)23-19-18-22(27)21-24(23)28/h1,18-19,21,27-28H,(H,26,29). The Hall–Kier alpha value is -5.67. The van der Waals surface area contributed by atoms with Gasteiger partial charge in [-0.25, -0.2) is 0 Å². The van der Waals surface area contributed by atoms with Gasteiger partial charge in [0.1, 0.15) is 11.5 Å². The Balaban J connectivity index is 2.49. The number of phenolic OH excluding ortho intramolecular Hbond substituents is 2. The normalized spacial score (nSPS) is 6.17. The zero-order chi connectivity index (χ0) is 21.2. The molecule has 1 aromatic rings. The first-order valence-corrected chi connectivity index (χ1v) is 7.43. The van der Waals surface area contributed by atoms with E-state index in [1.54, 1.807) is 0 Å². The highest BCUT2D eigenvalue weighted by Gasteiger charge is 2.09. The van der Waals surface area contributed by atoms with E-state index in [9.17, 15) is 9.90 Å². The zero-order valence-corrected chi connectivity index (χ0v) is 14.6. The van der Waals surface area contributed by atoms with Gasteiger partial charge >= 0.3 is 0 Å². The van der Waals surface area contributed by atoms with Gasteiger partial charge in [0, 0.05) is 59.5 Å². The van der Waals surface area contributed by atoms with E-state index in [0.29, 0.717) is 0 Å². The van der Waals surface area contributed by atoms with Crippen LogP contribution in [0.2, 0.25) is 0 Å². The van der Waals surface area contributed by atoms with Gasteiger partial charge in [0.2, 0.25) is 0 Å². The molecule has 0 spiro atoms. The van der Waals surface area contributed by atoms with Gasteiger partial charge in [-0.05, 0) is 59.5 Å². The summed E-state index contributed by atoms with van der Waals surface area (Å²) < 4.78 is 0. The summed E-state index contributed by atoms with van der Waals surface area (Å²) in [5, 5.41) is 20.9. The minimum atomic E-state index is -0.637. The van der Waals surface area contributed by atoms with Crippen LogP contribution in [-0.2, 0) is 0 Å². The van der Waals surface area contributed by atoms with E-state index in [1.807, 2.05) is 0 Å². The highest BCUT2D eigenvalue weighted by molar-refractivity contribution is 5.98. The molecule has 0 atom stereocenters. The van der Waals surface area contributed by atoms with E-state index < -0.39 is 5.91 Å². The third-order valence-electron chi connectivity index (χ3n) is 2.41. The number of amides is 1. The number of hydrogen-bond donors (Lipinski definition) is 3. The van der Waals surface area contributed by atoms with Crippen molar-refractivity contribution in [3.8, 4) is 119 Å². The summed E-state index contributed by atoms with van der Waals surface area (Å²) in [7, 11) is 0. The minimum Gasteiger partial charge on any atom is -0.508 e. The SMILES string of the molecule is C#CC#CC#CC#CC#CC#CC#CC#CC#CNC(=O)c1ccc(O)cc1O. The van der Waals surface area contributed by atoms with Crippen LogP contribution in [0.4, 0.5) is 0 Å². The van der Waals surface area contributed by atoms with Gasteiger partial charge in [-0.3, -0.25) is 10.1 Å². The summed E-state index contributed by atoms with van der Waals surface area (Å²) in [6.45, 7) is 0. The van der Waals surface area contributed by atoms with Crippen LogP contribution in [0.15, 0.2) is 18.2 Å². The first kappa shape index (κ1) is 21.4. The molecule has 0 unspecified atom stereocenters. The Kier molecular flexibility index (Phi) is 10.0. The predicted octanol–water partition coefficient (Wildman–Crippen LogP) is 0.445. The molecule has 0 bridgehead atoms. The molecule has 0 aliphatic carbocycles. The molecule has 0 saturated heterocycles. The Bertz CT molecular complexity index is 1360. The number of aromatic hydroxyl groups is 2. The molecular formula is C25H7NO3. The average Bonchev–Trinajstić information content (AvgIpc) is 2.70. The maximum Gasteiger partial charge on any atom is 0.266 e. The van der Waals surface area contributed by atoms with Crippen LogP contribution in [0, 0.1) is 107 Å². The summed E-state index contributed by atoms with van der Waals surface area (Å²) in [6, 6.07) is 5.87. The Morgan fingerprint density at radius 2 is 1.17 bits per heavy atom. The van der Waals surface area contributed by atoms with Crippen LogP contribution >= 0.6 is 0 Å². The lowest BCUT2D eigenvalue weighted by Gasteiger charge is -2.01. The van der Waals surface area contributed by atoms with Crippen LogP contribution in [-0.4, -0.2) is 16.1 Å². The van der Waals surface area contributed by atoms with E-state index in [2.05, 4.69) is 106 Å². The number of carbonyl (C=O) groups excluding carboxylic acids is 1. The molecule has 0 fully saturated rings. The molecule has 1 rings (SSSR count). The first-order chi connectivity index (χ1) is 14.1. The minimum absolute atomic E-state index is 0.0319. The van der Waals surface area contributed by atoms with Crippen LogP contribution in [0.3, 0.4) is 0 Å². The second kappa shape index (κ2) is 13.6. The van der Waals surface area contributed by atoms with Crippen LogP contribution in [0.1, 0.15) is 10.4 Å². The molecule has 0 heterocycles. The average molecular weight is 369 g/mol. The van der Waals surface area contributed by atoms with Crippen molar-refractivity contribution in [1.82, 2.24) is 5.32 Å². The fourth-order valence-electron chi connectivity index (χ4n) is 1.34. The number of rotatable bonds is 1. The summed E-state index contributed by atoms with van der Waals surface area (Å²) in [5.74, 6) is 37.2. The smallest absolute Gasteiger partial charge is 0.266 e. The first-order valence-electron chi connectivity index (χ1n) is 7.43. The number of benzene rings is 1. The van der Waals surface area contributed by atoms with Crippen LogP contribution in [0.5, 0.6) is 11.5 Å². The molecule has 3 N–H and O–H groups in total. The summed E-state index contributed by atoms with van der Waals surface area (Å²) in [4.78, 5) is 11.7. The van der Waals surface area contributed by atoms with Gasteiger partial charge in [0.05, 0.1) is 5.56 Å². The number of nitrogens with one attached hydrogen (secondary N) is 1. The van der Waals surface area contributed by atoms with Crippen molar-refractivity contribution in [2.75, 3.05) is 0 Å². The van der Waals surface area contributed by atoms with E-state index in [0.717, 1.165) is 6.07 Å². The molecule has 0 aliphatic rings. The van der Waals surface area contributed by atoms with Crippen molar-refractivity contribution in [1.29, 1.82) is 0 Å². The molecule has 1 amide bonds. The fraction of sp³-hybridized carbons (Fsp3) is 0. The third kappa shape index (κ3) is 10.0. The van der Waals surface area contributed by atoms with Crippen LogP contribution < -0.4 is 5.32 Å². The molecule has 0 radical (unpaired) electrons. The number of carbonyl (C=O) groups is 1. The van der Waals surface area contributed by atoms with E-state index in [4.69, 9.17) is 11.5 Å². The lowest BCUT2D eigenvalue weighted by Crippen LogP contribution is -2.17. The lowest BCUT2D eigenvalue weighted by atomic mass is 10.2. The van der Waals surface area contributed by atoms with Crippen molar-refractivity contribution in [3.05, 3.63) is 23.8 Å². The molecule has 4 heteroatoms. The third-order valence-corrected chi connectivity index (χ3v) is 2.41. The van der Waals surface area contributed by atoms with Gasteiger partial charge < -0.3 is 10.2 Å². The van der Waals surface area contributed by atoms with Crippen molar-refractivity contribution in [2.24, 2.45) is 0 Å². The van der Waals surface area contributed by atoms with E-state index >= 15 is 0 Å². The van der Waals surface area contributed by atoms with Gasteiger partial charge in [0.15, 0.2) is 0 Å². The predicted molar refractivity (Wildman–Crippen MR) is 108 cm³/mol. The van der Waals surface area contributed by atoms with Gasteiger partial charge in [0.25, 0.3) is 5.91 Å². The van der Waals surface area contributed by atoms with Gasteiger partial charge in [-0.1, -0.05) is 0 Å². The Morgan fingerprint density at radius 3 is 1.62 bits per heavy atom. The van der Waals surface area contributed by atoms with Crippen molar-refractivity contribution in [2.45, 2.75) is 0 Å². The number of hydrogen-bond acceptors (Lipinski definition) is 3. The zero-order valence-electron chi connectivity index (χ0n) is 14.6. The topological polar surface area (TPSA) is 69.6 Å². The van der Waals surface area contributed by atoms with Gasteiger partial charge in [-0.2, -0.15) is 0 Å². The molecule has 4 nitrogen and oxygen atoms in total. The number of phenols is 2. The molecule has 0 aliphatic heterocycles. The maximum atomic E-state index is 11.7. The maximum absolute atomic E-state index is 11.7. The monoisotopic (exact) mass is 369 g/mol. The van der Waals surface area contributed by atoms with Crippen molar-refractivity contribution in [3.63, 3.8) is 0 Å². The lowest BCUT2D eigenvalue weighted by molar-refractivity contribution is 0.0971. The highest BCUT2D eigenvalue weighted by atomic mass is 16.3. The quantitative estimate of drug-likeness (QED) is 0.497.